The molecule has 0 amide bonds. The van der Waals surface area contributed by atoms with E-state index < -0.39 is 27.4 Å². The summed E-state index contributed by atoms with van der Waals surface area (Å²) >= 11 is 0. The number of nitrogens with one attached hydrogen (secondary N) is 1. The molecule has 2 N–H and O–H groups in total. The first-order valence-electron chi connectivity index (χ1n) is 8.85. The molecule has 0 spiro atoms. The molecule has 3 rings (SSSR count). The predicted octanol–water partition coefficient (Wildman–Crippen LogP) is 2.64. The first-order valence-corrected chi connectivity index (χ1v) is 10.7. The Bertz CT molecular complexity index is 1010. The van der Waals surface area contributed by atoms with E-state index in [1.807, 2.05) is 36.4 Å². The monoisotopic (exact) mass is 401 g/mol. The van der Waals surface area contributed by atoms with Gasteiger partial charge in [0, 0.05) is 11.6 Å². The number of sulfonamides is 1. The van der Waals surface area contributed by atoms with Crippen LogP contribution in [0, 0.1) is 5.41 Å². The van der Waals surface area contributed by atoms with E-state index in [-0.39, 0.29) is 12.2 Å². The molecule has 0 radical (unpaired) electrons. The average Bonchev–Trinajstić information content (AvgIpc) is 3.03. The first kappa shape index (κ1) is 20.1. The van der Waals surface area contributed by atoms with Gasteiger partial charge in [-0.15, -0.1) is 0 Å². The van der Waals surface area contributed by atoms with E-state index in [4.69, 9.17) is 4.74 Å². The predicted molar refractivity (Wildman–Crippen MR) is 107 cm³/mol. The average molecular weight is 401 g/mol. The Morgan fingerprint density at radius 1 is 1.25 bits per heavy atom. The van der Waals surface area contributed by atoms with E-state index in [9.17, 15) is 18.3 Å². The van der Waals surface area contributed by atoms with Crippen molar-refractivity contribution in [2.24, 2.45) is 5.41 Å². The van der Waals surface area contributed by atoms with Gasteiger partial charge in [-0.1, -0.05) is 54.6 Å². The SMILES string of the molecule is COC(=O)[C@@]1(Cc2cccc(-c3ccccc3O)c2)C=C[C@H](NS(C)(=O)=O)C1. The smallest absolute Gasteiger partial charge is 0.316 e. The molecule has 2 aromatic carbocycles. The number of phenolic OH excluding ortho intramolecular Hbond substituents is 1. The van der Waals surface area contributed by atoms with Crippen LogP contribution in [0.4, 0.5) is 0 Å². The van der Waals surface area contributed by atoms with E-state index in [0.717, 1.165) is 17.4 Å². The number of rotatable bonds is 6. The summed E-state index contributed by atoms with van der Waals surface area (Å²) in [6, 6.07) is 14.2. The number of phenols is 1. The highest BCUT2D eigenvalue weighted by molar-refractivity contribution is 7.88. The molecule has 0 aromatic heterocycles. The Balaban J connectivity index is 1.89. The quantitative estimate of drug-likeness (QED) is 0.573. The maximum absolute atomic E-state index is 12.6. The van der Waals surface area contributed by atoms with Crippen LogP contribution in [0.2, 0.25) is 0 Å². The third kappa shape index (κ3) is 4.43. The Hall–Kier alpha value is -2.64. The van der Waals surface area contributed by atoms with E-state index in [1.165, 1.54) is 7.11 Å². The maximum Gasteiger partial charge on any atom is 0.316 e. The highest BCUT2D eigenvalue weighted by Gasteiger charge is 2.43. The van der Waals surface area contributed by atoms with E-state index >= 15 is 0 Å². The van der Waals surface area contributed by atoms with Gasteiger partial charge in [0.2, 0.25) is 10.0 Å². The van der Waals surface area contributed by atoms with Crippen LogP contribution in [0.25, 0.3) is 11.1 Å². The van der Waals surface area contributed by atoms with Crippen LogP contribution < -0.4 is 4.72 Å². The molecule has 0 heterocycles. The second kappa shape index (κ2) is 7.77. The zero-order chi connectivity index (χ0) is 20.4. The Morgan fingerprint density at radius 3 is 2.68 bits per heavy atom. The summed E-state index contributed by atoms with van der Waals surface area (Å²) in [5.41, 5.74) is 1.48. The number of carbonyl (C=O) groups excluding carboxylic acids is 1. The zero-order valence-electron chi connectivity index (χ0n) is 15.8. The van der Waals surface area contributed by atoms with Crippen LogP contribution >= 0.6 is 0 Å². The normalized spacial score (nSPS) is 21.6. The molecule has 0 fully saturated rings. The van der Waals surface area contributed by atoms with Crippen molar-refractivity contribution in [2.75, 3.05) is 13.4 Å². The number of methoxy groups -OCH3 is 1. The van der Waals surface area contributed by atoms with Gasteiger partial charge in [-0.05, 0) is 30.0 Å². The van der Waals surface area contributed by atoms with Crippen molar-refractivity contribution in [3.05, 3.63) is 66.2 Å². The van der Waals surface area contributed by atoms with Crippen LogP contribution in [0.3, 0.4) is 0 Å². The molecule has 0 saturated heterocycles. The summed E-state index contributed by atoms with van der Waals surface area (Å²) in [5.74, 6) is -0.227. The van der Waals surface area contributed by atoms with Crippen molar-refractivity contribution in [3.8, 4) is 16.9 Å². The van der Waals surface area contributed by atoms with Crippen molar-refractivity contribution >= 4 is 16.0 Å². The molecule has 2 atom stereocenters. The lowest BCUT2D eigenvalue weighted by molar-refractivity contribution is -0.149. The number of hydrogen-bond donors (Lipinski definition) is 2. The molecule has 28 heavy (non-hydrogen) atoms. The van der Waals surface area contributed by atoms with Crippen LogP contribution in [-0.2, 0) is 26.0 Å². The number of para-hydroxylation sites is 1. The van der Waals surface area contributed by atoms with Crippen LogP contribution in [0.1, 0.15) is 12.0 Å². The number of esters is 1. The molecule has 0 saturated carbocycles. The van der Waals surface area contributed by atoms with Gasteiger partial charge in [0.1, 0.15) is 5.75 Å². The largest absolute Gasteiger partial charge is 0.507 e. The van der Waals surface area contributed by atoms with Crippen molar-refractivity contribution < 1.29 is 23.1 Å². The Labute approximate surface area is 164 Å². The fourth-order valence-corrected chi connectivity index (χ4v) is 4.39. The Morgan fingerprint density at radius 2 is 2.00 bits per heavy atom. The molecule has 6 nitrogen and oxygen atoms in total. The second-order valence-corrected chi connectivity index (χ2v) is 8.88. The molecule has 7 heteroatoms. The summed E-state index contributed by atoms with van der Waals surface area (Å²) in [6.45, 7) is 0. The van der Waals surface area contributed by atoms with Crippen LogP contribution in [-0.4, -0.2) is 38.9 Å². The molecule has 0 bridgehead atoms. The minimum absolute atomic E-state index is 0.181. The summed E-state index contributed by atoms with van der Waals surface area (Å²) in [6.07, 6.45) is 5.17. The number of aromatic hydroxyl groups is 1. The molecule has 148 valence electrons. The maximum atomic E-state index is 12.6. The standard InChI is InChI=1S/C21H23NO5S/c1-27-20(24)21(11-10-17(14-21)22-28(2,25)26)13-15-6-5-7-16(12-15)18-8-3-4-9-19(18)23/h3-12,17,22-23H,13-14H2,1-2H3/t17-,21+/m0/s1. The summed E-state index contributed by atoms with van der Waals surface area (Å²) in [5, 5.41) is 10.1. The van der Waals surface area contributed by atoms with Gasteiger partial charge in [-0.2, -0.15) is 0 Å². The van der Waals surface area contributed by atoms with E-state index in [2.05, 4.69) is 4.72 Å². The lowest BCUT2D eigenvalue weighted by atomic mass is 9.80. The molecule has 2 aromatic rings. The first-order chi connectivity index (χ1) is 13.2. The lowest BCUT2D eigenvalue weighted by Crippen LogP contribution is -2.38. The fraction of sp³-hybridized carbons (Fsp3) is 0.286. The molecule has 1 aliphatic carbocycles. The molecular formula is C21H23NO5S. The van der Waals surface area contributed by atoms with Crippen LogP contribution in [0.15, 0.2) is 60.7 Å². The summed E-state index contributed by atoms with van der Waals surface area (Å²) in [7, 11) is -2.06. The van der Waals surface area contributed by atoms with Gasteiger partial charge >= 0.3 is 5.97 Å². The minimum Gasteiger partial charge on any atom is -0.507 e. The molecular weight excluding hydrogens is 378 g/mol. The highest BCUT2D eigenvalue weighted by Crippen LogP contribution is 2.38. The van der Waals surface area contributed by atoms with Gasteiger partial charge in [0.05, 0.1) is 18.8 Å². The van der Waals surface area contributed by atoms with Crippen LogP contribution in [0.5, 0.6) is 5.75 Å². The topological polar surface area (TPSA) is 92.7 Å². The molecule has 0 aliphatic heterocycles. The van der Waals surface area contributed by atoms with Crippen molar-refractivity contribution in [3.63, 3.8) is 0 Å². The second-order valence-electron chi connectivity index (χ2n) is 7.10. The number of carbonyl (C=O) groups is 1. The third-order valence-corrected chi connectivity index (χ3v) is 5.58. The number of benzene rings is 2. The fourth-order valence-electron chi connectivity index (χ4n) is 3.67. The van der Waals surface area contributed by atoms with Gasteiger partial charge in [-0.25, -0.2) is 13.1 Å². The van der Waals surface area contributed by atoms with Crippen molar-refractivity contribution in [1.29, 1.82) is 0 Å². The molecule has 1 aliphatic rings. The number of hydrogen-bond acceptors (Lipinski definition) is 5. The third-order valence-electron chi connectivity index (χ3n) is 4.85. The van der Waals surface area contributed by atoms with Gasteiger partial charge in [-0.3, -0.25) is 4.79 Å². The highest BCUT2D eigenvalue weighted by atomic mass is 32.2. The van der Waals surface area contributed by atoms with Gasteiger partial charge < -0.3 is 9.84 Å². The lowest BCUT2D eigenvalue weighted by Gasteiger charge is -2.26. The Kier molecular flexibility index (Phi) is 5.58. The molecule has 0 unspecified atom stereocenters. The van der Waals surface area contributed by atoms with Gasteiger partial charge in [0.15, 0.2) is 0 Å². The van der Waals surface area contributed by atoms with E-state index in [1.54, 1.807) is 24.3 Å². The van der Waals surface area contributed by atoms with E-state index in [0.29, 0.717) is 12.0 Å². The number of ether oxygens (including phenoxy) is 1. The van der Waals surface area contributed by atoms with Crippen molar-refractivity contribution in [2.45, 2.75) is 18.9 Å². The minimum atomic E-state index is -3.39. The zero-order valence-corrected chi connectivity index (χ0v) is 16.6. The van der Waals surface area contributed by atoms with Crippen molar-refractivity contribution in [1.82, 2.24) is 4.72 Å². The summed E-state index contributed by atoms with van der Waals surface area (Å²) in [4.78, 5) is 12.6. The summed E-state index contributed by atoms with van der Waals surface area (Å²) < 4.78 is 30.6. The van der Waals surface area contributed by atoms with Gasteiger partial charge in [0.25, 0.3) is 0 Å².